The molecule has 0 aliphatic carbocycles. The first-order valence-corrected chi connectivity index (χ1v) is 9.51. The molecule has 1 N–H and O–H groups in total. The lowest BCUT2D eigenvalue weighted by Gasteiger charge is -2.50. The van der Waals surface area contributed by atoms with Crippen LogP contribution >= 0.6 is 0 Å². The third-order valence-corrected chi connectivity index (χ3v) is 5.81. The van der Waals surface area contributed by atoms with Gasteiger partial charge >= 0.3 is 0 Å². The quantitative estimate of drug-likeness (QED) is 0.848. The third kappa shape index (κ3) is 2.90. The maximum absolute atomic E-state index is 12.9. The molecule has 150 valence electrons. The minimum absolute atomic E-state index is 0.0423. The monoisotopic (exact) mass is 387 g/mol. The Bertz CT molecular complexity index is 894. The van der Waals surface area contributed by atoms with Gasteiger partial charge in [-0.1, -0.05) is 0 Å². The maximum Gasteiger partial charge on any atom is 0.291 e. The lowest BCUT2D eigenvalue weighted by Crippen LogP contribution is -2.59. The number of nitrogens with zero attached hydrogens (tertiary/aromatic N) is 4. The number of hydrogen-bond donors (Lipinski definition) is 1. The van der Waals surface area contributed by atoms with Crippen LogP contribution in [0.4, 0.5) is 0 Å². The SMILES string of the molecule is COCC(=O)N1CCc2[nH]cnc2C12CCN(C(=O)c1oc(C)nc1C)CC2. The largest absolute Gasteiger partial charge is 0.436 e. The topological polar surface area (TPSA) is 105 Å². The molecule has 9 heteroatoms. The number of aromatic nitrogens is 3. The Morgan fingerprint density at radius 1 is 1.29 bits per heavy atom. The molecule has 1 spiro atoms. The molecule has 2 aromatic heterocycles. The van der Waals surface area contributed by atoms with Crippen molar-refractivity contribution < 1.29 is 18.7 Å². The number of oxazole rings is 1. The van der Waals surface area contributed by atoms with Gasteiger partial charge in [-0.05, 0) is 19.8 Å². The summed E-state index contributed by atoms with van der Waals surface area (Å²) in [5.74, 6) is 0.586. The fraction of sp³-hybridized carbons (Fsp3) is 0.579. The number of aryl methyl sites for hydroxylation is 2. The van der Waals surface area contributed by atoms with E-state index in [1.807, 2.05) is 4.90 Å². The first-order valence-electron chi connectivity index (χ1n) is 9.51. The number of imidazole rings is 1. The van der Waals surface area contributed by atoms with Crippen LogP contribution in [-0.2, 0) is 21.5 Å². The summed E-state index contributed by atoms with van der Waals surface area (Å²) in [6.45, 7) is 5.20. The lowest BCUT2D eigenvalue weighted by atomic mass is 9.78. The predicted molar refractivity (Wildman–Crippen MR) is 98.7 cm³/mol. The number of carbonyl (C=O) groups is 2. The maximum atomic E-state index is 12.9. The van der Waals surface area contributed by atoms with Crippen LogP contribution < -0.4 is 0 Å². The Labute approximate surface area is 163 Å². The van der Waals surface area contributed by atoms with E-state index in [9.17, 15) is 9.59 Å². The zero-order chi connectivity index (χ0) is 19.9. The number of methoxy groups -OCH3 is 1. The molecule has 0 unspecified atom stereocenters. The minimum atomic E-state index is -0.508. The molecular formula is C19H25N5O4. The van der Waals surface area contributed by atoms with Crippen molar-refractivity contribution in [3.63, 3.8) is 0 Å². The molecule has 0 saturated carbocycles. The van der Waals surface area contributed by atoms with Gasteiger partial charge in [0.05, 0.1) is 23.3 Å². The molecule has 4 rings (SSSR count). The van der Waals surface area contributed by atoms with Gasteiger partial charge in [-0.2, -0.15) is 0 Å². The van der Waals surface area contributed by atoms with Gasteiger partial charge in [-0.3, -0.25) is 9.59 Å². The van der Waals surface area contributed by atoms with E-state index < -0.39 is 5.54 Å². The molecule has 0 bridgehead atoms. The summed E-state index contributed by atoms with van der Waals surface area (Å²) < 4.78 is 10.6. The van der Waals surface area contributed by atoms with Crippen LogP contribution in [0.15, 0.2) is 10.7 Å². The first kappa shape index (κ1) is 18.7. The number of fused-ring (bicyclic) bond motifs is 2. The summed E-state index contributed by atoms with van der Waals surface area (Å²) in [4.78, 5) is 41.3. The van der Waals surface area contributed by atoms with Gasteiger partial charge in [0, 0.05) is 45.8 Å². The summed E-state index contributed by atoms with van der Waals surface area (Å²) in [7, 11) is 1.53. The number of ether oxygens (including phenoxy) is 1. The van der Waals surface area contributed by atoms with Crippen molar-refractivity contribution in [2.45, 2.75) is 38.6 Å². The zero-order valence-electron chi connectivity index (χ0n) is 16.4. The molecule has 1 fully saturated rings. The summed E-state index contributed by atoms with van der Waals surface area (Å²) in [6.07, 6.45) is 3.68. The smallest absolute Gasteiger partial charge is 0.291 e. The number of carbonyl (C=O) groups excluding carboxylic acids is 2. The van der Waals surface area contributed by atoms with E-state index in [-0.39, 0.29) is 18.4 Å². The van der Waals surface area contributed by atoms with E-state index in [0.717, 1.165) is 17.8 Å². The number of likely N-dealkylation sites (tertiary alicyclic amines) is 1. The van der Waals surface area contributed by atoms with Crippen LogP contribution in [0, 0.1) is 13.8 Å². The molecule has 1 saturated heterocycles. The highest BCUT2D eigenvalue weighted by atomic mass is 16.5. The number of amides is 2. The number of aromatic amines is 1. The number of hydrogen-bond acceptors (Lipinski definition) is 6. The van der Waals surface area contributed by atoms with Crippen LogP contribution in [0.1, 0.15) is 46.4 Å². The molecular weight excluding hydrogens is 362 g/mol. The fourth-order valence-electron chi connectivity index (χ4n) is 4.50. The molecule has 2 aliphatic heterocycles. The zero-order valence-corrected chi connectivity index (χ0v) is 16.4. The van der Waals surface area contributed by atoms with Gasteiger partial charge in [0.1, 0.15) is 6.61 Å². The van der Waals surface area contributed by atoms with Crippen molar-refractivity contribution in [3.8, 4) is 0 Å². The minimum Gasteiger partial charge on any atom is -0.436 e. The summed E-state index contributed by atoms with van der Waals surface area (Å²) in [6, 6.07) is 0. The van der Waals surface area contributed by atoms with Crippen molar-refractivity contribution in [1.29, 1.82) is 0 Å². The Morgan fingerprint density at radius 3 is 2.68 bits per heavy atom. The summed E-state index contributed by atoms with van der Waals surface area (Å²) >= 11 is 0. The highest BCUT2D eigenvalue weighted by molar-refractivity contribution is 5.92. The molecule has 0 radical (unpaired) electrons. The van der Waals surface area contributed by atoms with Crippen LogP contribution in [0.5, 0.6) is 0 Å². The fourth-order valence-corrected chi connectivity index (χ4v) is 4.50. The van der Waals surface area contributed by atoms with Crippen molar-refractivity contribution >= 4 is 11.8 Å². The average Bonchev–Trinajstić information content (AvgIpc) is 3.29. The number of nitrogens with one attached hydrogen (secondary N) is 1. The van der Waals surface area contributed by atoms with Gasteiger partial charge in [0.25, 0.3) is 5.91 Å². The van der Waals surface area contributed by atoms with E-state index in [0.29, 0.717) is 49.8 Å². The third-order valence-electron chi connectivity index (χ3n) is 5.81. The summed E-state index contributed by atoms with van der Waals surface area (Å²) in [5, 5.41) is 0. The van der Waals surface area contributed by atoms with E-state index >= 15 is 0 Å². The second-order valence-electron chi connectivity index (χ2n) is 7.43. The average molecular weight is 387 g/mol. The number of piperidine rings is 1. The molecule has 0 atom stereocenters. The molecule has 2 aliphatic rings. The van der Waals surface area contributed by atoms with Gasteiger partial charge < -0.3 is 23.9 Å². The molecule has 28 heavy (non-hydrogen) atoms. The molecule has 2 amide bonds. The Hall–Kier alpha value is -2.68. The van der Waals surface area contributed by atoms with Crippen molar-refractivity contribution in [2.24, 2.45) is 0 Å². The second-order valence-corrected chi connectivity index (χ2v) is 7.43. The normalized spacial score (nSPS) is 18.4. The first-order chi connectivity index (χ1) is 13.5. The summed E-state index contributed by atoms with van der Waals surface area (Å²) in [5.41, 5.74) is 2.09. The van der Waals surface area contributed by atoms with Gasteiger partial charge in [0.2, 0.25) is 11.7 Å². The Balaban J connectivity index is 1.59. The van der Waals surface area contributed by atoms with Gasteiger partial charge in [0.15, 0.2) is 5.89 Å². The molecule has 9 nitrogen and oxygen atoms in total. The highest BCUT2D eigenvalue weighted by Gasteiger charge is 2.49. The lowest BCUT2D eigenvalue weighted by molar-refractivity contribution is -0.145. The molecule has 0 aromatic carbocycles. The molecule has 2 aromatic rings. The Morgan fingerprint density at radius 2 is 2.04 bits per heavy atom. The van der Waals surface area contributed by atoms with Gasteiger partial charge in [-0.25, -0.2) is 9.97 Å². The predicted octanol–water partition coefficient (Wildman–Crippen LogP) is 1.18. The number of H-pyrrole nitrogens is 1. The van der Waals surface area contributed by atoms with Gasteiger partial charge in [-0.15, -0.1) is 0 Å². The van der Waals surface area contributed by atoms with Crippen molar-refractivity contribution in [1.82, 2.24) is 24.8 Å². The molecule has 4 heterocycles. The van der Waals surface area contributed by atoms with Crippen molar-refractivity contribution in [3.05, 3.63) is 35.1 Å². The van der Waals surface area contributed by atoms with E-state index in [2.05, 4.69) is 15.0 Å². The van der Waals surface area contributed by atoms with Crippen LogP contribution in [0.3, 0.4) is 0 Å². The number of rotatable bonds is 3. The van der Waals surface area contributed by atoms with E-state index in [1.54, 1.807) is 25.1 Å². The second kappa shape index (κ2) is 7.05. The van der Waals surface area contributed by atoms with E-state index in [1.165, 1.54) is 7.11 Å². The van der Waals surface area contributed by atoms with Crippen LogP contribution in [0.25, 0.3) is 0 Å². The van der Waals surface area contributed by atoms with Crippen LogP contribution in [-0.4, -0.2) is 69.9 Å². The van der Waals surface area contributed by atoms with E-state index in [4.69, 9.17) is 9.15 Å². The highest BCUT2D eigenvalue weighted by Crippen LogP contribution is 2.42. The van der Waals surface area contributed by atoms with Crippen LogP contribution in [0.2, 0.25) is 0 Å². The standard InChI is InChI=1S/C19H25N5O4/c1-12-16(28-13(2)22-12)18(26)23-8-5-19(6-9-23)17-14(20-11-21-17)4-7-24(19)15(25)10-27-3/h11H,4-10H2,1-3H3,(H,20,21). The van der Waals surface area contributed by atoms with Crippen molar-refractivity contribution in [2.75, 3.05) is 33.4 Å². The Kier molecular flexibility index (Phi) is 4.70.